The Morgan fingerprint density at radius 2 is 2.05 bits per heavy atom. The molecule has 0 amide bonds. The Labute approximate surface area is 119 Å². The van der Waals surface area contributed by atoms with Crippen molar-refractivity contribution in [3.63, 3.8) is 0 Å². The van der Waals surface area contributed by atoms with Gasteiger partial charge in [0.1, 0.15) is 0 Å². The van der Waals surface area contributed by atoms with E-state index in [1.807, 2.05) is 0 Å². The van der Waals surface area contributed by atoms with Gasteiger partial charge in [-0.2, -0.15) is 0 Å². The van der Waals surface area contributed by atoms with Crippen LogP contribution in [0.15, 0.2) is 18.2 Å². The molecule has 0 unspecified atom stereocenters. The van der Waals surface area contributed by atoms with Crippen molar-refractivity contribution in [2.45, 2.75) is 45.6 Å². The lowest BCUT2D eigenvalue weighted by Gasteiger charge is -2.09. The number of ether oxygens (including phenoxy) is 1. The van der Waals surface area contributed by atoms with Crippen LogP contribution in [-0.2, 0) is 11.3 Å². The number of hydrogen-bond donors (Lipinski definition) is 2. The minimum absolute atomic E-state index is 0.0468. The number of nitrogens with two attached hydrogens (primary N) is 1. The van der Waals surface area contributed by atoms with Crippen LogP contribution in [0.4, 0.5) is 11.4 Å². The van der Waals surface area contributed by atoms with Crippen LogP contribution in [0.3, 0.4) is 0 Å². The van der Waals surface area contributed by atoms with Gasteiger partial charge in [0.25, 0.3) is 5.69 Å². The van der Waals surface area contributed by atoms with E-state index >= 15 is 0 Å². The first kappa shape index (κ1) is 16.4. The Kier molecular flexibility index (Phi) is 7.60. The number of benzene rings is 1. The molecule has 6 heteroatoms. The van der Waals surface area contributed by atoms with Gasteiger partial charge in [-0.25, -0.2) is 0 Å². The lowest BCUT2D eigenvalue weighted by atomic mass is 10.1. The zero-order valence-corrected chi connectivity index (χ0v) is 11.9. The van der Waals surface area contributed by atoms with E-state index in [0.29, 0.717) is 24.5 Å². The monoisotopic (exact) mass is 281 g/mol. The van der Waals surface area contributed by atoms with E-state index in [1.165, 1.54) is 31.4 Å². The Morgan fingerprint density at radius 1 is 1.30 bits per heavy atom. The normalized spacial score (nSPS) is 10.5. The van der Waals surface area contributed by atoms with Crippen LogP contribution < -0.4 is 11.3 Å². The van der Waals surface area contributed by atoms with Gasteiger partial charge < -0.3 is 10.2 Å². The number of anilines is 1. The summed E-state index contributed by atoms with van der Waals surface area (Å²) in [6.45, 7) is 3.17. The van der Waals surface area contributed by atoms with E-state index < -0.39 is 4.92 Å². The Hall–Kier alpha value is -1.66. The van der Waals surface area contributed by atoms with Gasteiger partial charge in [0.15, 0.2) is 0 Å². The molecule has 0 heterocycles. The molecule has 20 heavy (non-hydrogen) atoms. The van der Waals surface area contributed by atoms with Crippen molar-refractivity contribution < 1.29 is 9.66 Å². The molecule has 0 bridgehead atoms. The number of nitrogens with zero attached hydrogens (tertiary/aromatic N) is 1. The van der Waals surface area contributed by atoms with Gasteiger partial charge in [-0.05, 0) is 12.5 Å². The zero-order chi connectivity index (χ0) is 14.8. The fraction of sp³-hybridized carbons (Fsp3) is 0.571. The SMILES string of the molecule is CCCCCCCOCc1cc([N+](=O)[O-])ccc1NN. The fourth-order valence-corrected chi connectivity index (χ4v) is 1.94. The second kappa shape index (κ2) is 9.28. The molecular formula is C14H23N3O3. The first-order chi connectivity index (χ1) is 9.69. The topological polar surface area (TPSA) is 90.4 Å². The molecule has 0 saturated heterocycles. The van der Waals surface area contributed by atoms with Crippen molar-refractivity contribution in [3.05, 3.63) is 33.9 Å². The summed E-state index contributed by atoms with van der Waals surface area (Å²) in [7, 11) is 0. The van der Waals surface area contributed by atoms with Gasteiger partial charge in [-0.15, -0.1) is 0 Å². The first-order valence-corrected chi connectivity index (χ1v) is 7.00. The number of rotatable bonds is 10. The van der Waals surface area contributed by atoms with Gasteiger partial charge in [0, 0.05) is 24.3 Å². The molecule has 1 aromatic carbocycles. The summed E-state index contributed by atoms with van der Waals surface area (Å²) < 4.78 is 5.56. The van der Waals surface area contributed by atoms with Gasteiger partial charge >= 0.3 is 0 Å². The molecule has 0 spiro atoms. The van der Waals surface area contributed by atoms with Crippen molar-refractivity contribution in [3.8, 4) is 0 Å². The van der Waals surface area contributed by atoms with Crippen LogP contribution in [0.25, 0.3) is 0 Å². The van der Waals surface area contributed by atoms with Crippen LogP contribution in [0.2, 0.25) is 0 Å². The number of nitrogen functional groups attached to an aromatic ring is 1. The number of nitrogens with one attached hydrogen (secondary N) is 1. The maximum Gasteiger partial charge on any atom is 0.269 e. The van der Waals surface area contributed by atoms with E-state index in [9.17, 15) is 10.1 Å². The summed E-state index contributed by atoms with van der Waals surface area (Å²) in [5.74, 6) is 5.39. The van der Waals surface area contributed by atoms with Gasteiger partial charge in [-0.3, -0.25) is 16.0 Å². The lowest BCUT2D eigenvalue weighted by molar-refractivity contribution is -0.384. The van der Waals surface area contributed by atoms with E-state index in [1.54, 1.807) is 6.07 Å². The largest absolute Gasteiger partial charge is 0.377 e. The molecule has 1 rings (SSSR count). The molecule has 0 aromatic heterocycles. The molecule has 112 valence electrons. The smallest absolute Gasteiger partial charge is 0.269 e. The average Bonchev–Trinajstić information content (AvgIpc) is 2.46. The lowest BCUT2D eigenvalue weighted by Crippen LogP contribution is -2.10. The molecule has 6 nitrogen and oxygen atoms in total. The molecule has 1 aromatic rings. The molecule has 0 saturated carbocycles. The van der Waals surface area contributed by atoms with Crippen molar-refractivity contribution in [1.29, 1.82) is 0 Å². The predicted octanol–water partition coefficient (Wildman–Crippen LogP) is 3.37. The Morgan fingerprint density at radius 3 is 2.70 bits per heavy atom. The summed E-state index contributed by atoms with van der Waals surface area (Å²) in [4.78, 5) is 10.3. The second-order valence-corrected chi connectivity index (χ2v) is 4.71. The third-order valence-corrected chi connectivity index (χ3v) is 3.10. The maximum atomic E-state index is 10.7. The highest BCUT2D eigenvalue weighted by atomic mass is 16.6. The third-order valence-electron chi connectivity index (χ3n) is 3.10. The molecule has 0 atom stereocenters. The number of unbranched alkanes of at least 4 members (excludes halogenated alkanes) is 4. The van der Waals surface area contributed by atoms with Crippen LogP contribution in [0.1, 0.15) is 44.6 Å². The van der Waals surface area contributed by atoms with Crippen LogP contribution >= 0.6 is 0 Å². The number of nitro benzene ring substituents is 1. The minimum Gasteiger partial charge on any atom is -0.377 e. The van der Waals surface area contributed by atoms with Crippen molar-refractivity contribution in [2.24, 2.45) is 5.84 Å². The van der Waals surface area contributed by atoms with Crippen LogP contribution in [0, 0.1) is 10.1 Å². The summed E-state index contributed by atoms with van der Waals surface area (Å²) >= 11 is 0. The Bertz CT molecular complexity index is 424. The van der Waals surface area contributed by atoms with E-state index in [0.717, 1.165) is 12.8 Å². The molecular weight excluding hydrogens is 258 g/mol. The molecule has 0 fully saturated rings. The van der Waals surface area contributed by atoms with Gasteiger partial charge in [-0.1, -0.05) is 32.6 Å². The minimum atomic E-state index is -0.422. The highest BCUT2D eigenvalue weighted by molar-refractivity contribution is 5.55. The summed E-state index contributed by atoms with van der Waals surface area (Å²) in [5.41, 5.74) is 3.93. The molecule has 3 N–H and O–H groups in total. The molecule has 0 aliphatic heterocycles. The highest BCUT2D eigenvalue weighted by Crippen LogP contribution is 2.22. The number of hydrazine groups is 1. The van der Waals surface area contributed by atoms with Gasteiger partial charge in [0.2, 0.25) is 0 Å². The fourth-order valence-electron chi connectivity index (χ4n) is 1.94. The number of nitro groups is 1. The summed E-state index contributed by atoms with van der Waals surface area (Å²) in [5, 5.41) is 10.7. The average molecular weight is 281 g/mol. The quantitative estimate of drug-likeness (QED) is 0.297. The molecule has 0 aliphatic rings. The van der Waals surface area contributed by atoms with Crippen molar-refractivity contribution >= 4 is 11.4 Å². The number of non-ortho nitro benzene ring substituents is 1. The number of hydrogen-bond acceptors (Lipinski definition) is 5. The Balaban J connectivity index is 2.41. The highest BCUT2D eigenvalue weighted by Gasteiger charge is 2.10. The zero-order valence-electron chi connectivity index (χ0n) is 11.9. The second-order valence-electron chi connectivity index (χ2n) is 4.71. The van der Waals surface area contributed by atoms with E-state index in [2.05, 4.69) is 12.3 Å². The predicted molar refractivity (Wildman–Crippen MR) is 79.3 cm³/mol. The maximum absolute atomic E-state index is 10.7. The summed E-state index contributed by atoms with van der Waals surface area (Å²) in [6, 6.07) is 4.51. The summed E-state index contributed by atoms with van der Waals surface area (Å²) in [6.07, 6.45) is 5.88. The van der Waals surface area contributed by atoms with Crippen LogP contribution in [-0.4, -0.2) is 11.5 Å². The van der Waals surface area contributed by atoms with Crippen molar-refractivity contribution in [2.75, 3.05) is 12.0 Å². The van der Waals surface area contributed by atoms with E-state index in [-0.39, 0.29) is 5.69 Å². The molecule has 0 aliphatic carbocycles. The first-order valence-electron chi connectivity index (χ1n) is 7.00. The third kappa shape index (κ3) is 5.54. The standard InChI is InChI=1S/C14H23N3O3/c1-2-3-4-5-6-9-20-11-12-10-13(17(18)19)7-8-14(12)16-15/h7-8,10,16H,2-6,9,11,15H2,1H3. The van der Waals surface area contributed by atoms with Crippen molar-refractivity contribution in [1.82, 2.24) is 0 Å². The van der Waals surface area contributed by atoms with Crippen LogP contribution in [0.5, 0.6) is 0 Å². The van der Waals surface area contributed by atoms with E-state index in [4.69, 9.17) is 10.6 Å². The molecule has 0 radical (unpaired) electrons. The van der Waals surface area contributed by atoms with Gasteiger partial charge in [0.05, 0.1) is 17.2 Å².